The van der Waals surface area contributed by atoms with E-state index in [1.54, 1.807) is 0 Å². The summed E-state index contributed by atoms with van der Waals surface area (Å²) in [5, 5.41) is 0. The molecule has 2 aromatic rings. The van der Waals surface area contributed by atoms with Gasteiger partial charge < -0.3 is 4.57 Å². The molecule has 110 valence electrons. The molecular weight excluding hydrogens is 309 g/mol. The van der Waals surface area contributed by atoms with E-state index in [2.05, 4.69) is 4.98 Å². The number of thioether (sulfide) groups is 1. The van der Waals surface area contributed by atoms with Gasteiger partial charge in [0, 0.05) is 24.6 Å². The van der Waals surface area contributed by atoms with Crippen LogP contribution in [0.4, 0.5) is 13.2 Å². The average Bonchev–Trinajstić information content (AvgIpc) is 2.69. The first-order valence-electron chi connectivity index (χ1n) is 6.14. The van der Waals surface area contributed by atoms with Gasteiger partial charge >= 0.3 is 5.51 Å². The summed E-state index contributed by atoms with van der Waals surface area (Å²) in [5.74, 6) is 1.11. The van der Waals surface area contributed by atoms with Crippen LogP contribution in [-0.4, -0.2) is 26.7 Å². The number of benzene rings is 1. The van der Waals surface area contributed by atoms with Gasteiger partial charge in [-0.25, -0.2) is 4.98 Å². The van der Waals surface area contributed by atoms with Crippen LogP contribution >= 0.6 is 23.4 Å². The number of hydrogen-bond acceptors (Lipinski definition) is 2. The number of alkyl halides is 4. The molecule has 20 heavy (non-hydrogen) atoms. The lowest BCUT2D eigenvalue weighted by atomic mass is 10.2. The second kappa shape index (κ2) is 6.26. The molecule has 1 aromatic heterocycles. The fourth-order valence-electron chi connectivity index (χ4n) is 2.11. The lowest BCUT2D eigenvalue weighted by molar-refractivity contribution is -0.0328. The molecule has 0 fully saturated rings. The van der Waals surface area contributed by atoms with Gasteiger partial charge in [-0.1, -0.05) is 12.1 Å². The van der Waals surface area contributed by atoms with Crippen LogP contribution in [0.15, 0.2) is 18.2 Å². The van der Waals surface area contributed by atoms with Crippen LogP contribution in [0.25, 0.3) is 11.0 Å². The van der Waals surface area contributed by atoms with E-state index in [0.29, 0.717) is 12.3 Å². The zero-order valence-corrected chi connectivity index (χ0v) is 12.4. The Morgan fingerprint density at radius 1 is 1.35 bits per heavy atom. The standard InChI is InChI=1S/C13H14ClF3N2S/c1-9-3-2-4-10-12(9)18-11(5-6-14)19(10)7-8-20-13(15,16)17/h2-4H,5-8H2,1H3. The third-order valence-corrected chi connectivity index (χ3v) is 3.86. The minimum atomic E-state index is -4.20. The van der Waals surface area contributed by atoms with Gasteiger partial charge in [-0.05, 0) is 30.3 Å². The number of rotatable bonds is 5. The summed E-state index contributed by atoms with van der Waals surface area (Å²) in [6.45, 7) is 2.21. The topological polar surface area (TPSA) is 17.8 Å². The van der Waals surface area contributed by atoms with Gasteiger partial charge in [0.15, 0.2) is 0 Å². The van der Waals surface area contributed by atoms with E-state index in [9.17, 15) is 13.2 Å². The van der Waals surface area contributed by atoms with Crippen molar-refractivity contribution in [1.29, 1.82) is 0 Å². The molecular formula is C13H14ClF3N2S. The molecule has 0 saturated carbocycles. The summed E-state index contributed by atoms with van der Waals surface area (Å²) in [6, 6.07) is 5.71. The first-order valence-corrected chi connectivity index (χ1v) is 7.66. The average molecular weight is 323 g/mol. The number of fused-ring (bicyclic) bond motifs is 1. The Morgan fingerprint density at radius 2 is 2.10 bits per heavy atom. The summed E-state index contributed by atoms with van der Waals surface area (Å²) in [5.41, 5.74) is -1.48. The van der Waals surface area contributed by atoms with Crippen molar-refractivity contribution in [3.8, 4) is 0 Å². The molecule has 7 heteroatoms. The second-order valence-electron chi connectivity index (χ2n) is 4.36. The number of nitrogens with zero attached hydrogens (tertiary/aromatic N) is 2. The zero-order chi connectivity index (χ0) is 14.8. The first kappa shape index (κ1) is 15.5. The second-order valence-corrected chi connectivity index (χ2v) is 5.89. The Balaban J connectivity index is 2.29. The number of imidazole rings is 1. The van der Waals surface area contributed by atoms with Gasteiger partial charge in [0.2, 0.25) is 0 Å². The van der Waals surface area contributed by atoms with E-state index in [1.807, 2.05) is 29.7 Å². The van der Waals surface area contributed by atoms with Crippen molar-refractivity contribution in [2.75, 3.05) is 11.6 Å². The monoisotopic (exact) mass is 322 g/mol. The molecule has 0 N–H and O–H groups in total. The van der Waals surface area contributed by atoms with Crippen molar-refractivity contribution in [3.05, 3.63) is 29.6 Å². The molecule has 0 bridgehead atoms. The van der Waals surface area contributed by atoms with Crippen LogP contribution < -0.4 is 0 Å². The molecule has 0 saturated heterocycles. The van der Waals surface area contributed by atoms with Crippen molar-refractivity contribution in [1.82, 2.24) is 9.55 Å². The maximum Gasteiger partial charge on any atom is 0.441 e. The highest BCUT2D eigenvalue weighted by Crippen LogP contribution is 2.30. The lowest BCUT2D eigenvalue weighted by Gasteiger charge is -2.10. The predicted octanol–water partition coefficient (Wildman–Crippen LogP) is 4.38. The Labute approximate surface area is 124 Å². The maximum atomic E-state index is 12.2. The summed E-state index contributed by atoms with van der Waals surface area (Å²) in [4.78, 5) is 4.51. The van der Waals surface area contributed by atoms with E-state index in [-0.39, 0.29) is 24.1 Å². The van der Waals surface area contributed by atoms with E-state index < -0.39 is 5.51 Å². The molecule has 0 aliphatic carbocycles. The van der Waals surface area contributed by atoms with Gasteiger partial charge in [0.05, 0.1) is 11.0 Å². The molecule has 0 amide bonds. The molecule has 0 unspecified atom stereocenters. The number of para-hydroxylation sites is 1. The summed E-state index contributed by atoms with van der Waals surface area (Å²) in [6.07, 6.45) is 0.548. The minimum Gasteiger partial charge on any atom is -0.327 e. The van der Waals surface area contributed by atoms with E-state index >= 15 is 0 Å². The smallest absolute Gasteiger partial charge is 0.327 e. The molecule has 0 spiro atoms. The molecule has 2 rings (SSSR count). The largest absolute Gasteiger partial charge is 0.441 e. The third kappa shape index (κ3) is 3.61. The molecule has 0 aliphatic heterocycles. The molecule has 2 nitrogen and oxygen atoms in total. The fourth-order valence-corrected chi connectivity index (χ4v) is 2.79. The highest BCUT2D eigenvalue weighted by molar-refractivity contribution is 8.00. The van der Waals surface area contributed by atoms with Crippen molar-refractivity contribution in [2.24, 2.45) is 0 Å². The molecule has 0 atom stereocenters. The minimum absolute atomic E-state index is 0.0102. The van der Waals surface area contributed by atoms with Crippen molar-refractivity contribution < 1.29 is 13.2 Å². The van der Waals surface area contributed by atoms with Crippen LogP contribution in [0, 0.1) is 6.92 Å². The summed E-state index contributed by atoms with van der Waals surface area (Å²) in [7, 11) is 0. The van der Waals surface area contributed by atoms with Crippen LogP contribution in [0.2, 0.25) is 0 Å². The summed E-state index contributed by atoms with van der Waals surface area (Å²) < 4.78 is 38.5. The van der Waals surface area contributed by atoms with E-state index in [0.717, 1.165) is 22.4 Å². The summed E-state index contributed by atoms with van der Waals surface area (Å²) >= 11 is 5.73. The van der Waals surface area contributed by atoms with E-state index in [4.69, 9.17) is 11.6 Å². The molecule has 1 aromatic carbocycles. The van der Waals surface area contributed by atoms with Crippen LogP contribution in [-0.2, 0) is 13.0 Å². The third-order valence-electron chi connectivity index (χ3n) is 2.96. The molecule has 1 heterocycles. The maximum absolute atomic E-state index is 12.2. The number of aryl methyl sites for hydroxylation is 3. The Morgan fingerprint density at radius 3 is 2.75 bits per heavy atom. The van der Waals surface area contributed by atoms with Gasteiger partial charge in [-0.15, -0.1) is 11.6 Å². The molecule has 0 aliphatic rings. The predicted molar refractivity (Wildman–Crippen MR) is 77.4 cm³/mol. The lowest BCUT2D eigenvalue weighted by Crippen LogP contribution is -2.10. The van der Waals surface area contributed by atoms with Gasteiger partial charge in [-0.3, -0.25) is 0 Å². The zero-order valence-electron chi connectivity index (χ0n) is 10.9. The highest BCUT2D eigenvalue weighted by atomic mass is 35.5. The van der Waals surface area contributed by atoms with Crippen molar-refractivity contribution in [2.45, 2.75) is 25.4 Å². The van der Waals surface area contributed by atoms with Gasteiger partial charge in [-0.2, -0.15) is 13.2 Å². The molecule has 0 radical (unpaired) electrons. The van der Waals surface area contributed by atoms with Crippen LogP contribution in [0.3, 0.4) is 0 Å². The number of halogens is 4. The van der Waals surface area contributed by atoms with Crippen molar-refractivity contribution in [3.63, 3.8) is 0 Å². The van der Waals surface area contributed by atoms with Crippen LogP contribution in [0.5, 0.6) is 0 Å². The SMILES string of the molecule is Cc1cccc2c1nc(CCCl)n2CCSC(F)(F)F. The fraction of sp³-hybridized carbons (Fsp3) is 0.462. The quantitative estimate of drug-likeness (QED) is 0.760. The number of hydrogen-bond donors (Lipinski definition) is 0. The Hall–Kier alpha value is -0.880. The Bertz CT molecular complexity index is 595. The Kier molecular flexibility index (Phi) is 4.86. The first-order chi connectivity index (χ1) is 9.42. The normalized spacial score (nSPS) is 12.2. The van der Waals surface area contributed by atoms with Crippen molar-refractivity contribution >= 4 is 34.4 Å². The highest BCUT2D eigenvalue weighted by Gasteiger charge is 2.27. The van der Waals surface area contributed by atoms with Gasteiger partial charge in [0.1, 0.15) is 5.82 Å². The van der Waals surface area contributed by atoms with Crippen LogP contribution in [0.1, 0.15) is 11.4 Å². The van der Waals surface area contributed by atoms with E-state index in [1.165, 1.54) is 0 Å². The number of aromatic nitrogens is 2. The van der Waals surface area contributed by atoms with Gasteiger partial charge in [0.25, 0.3) is 0 Å².